The number of rotatable bonds is 4. The Hall–Kier alpha value is -1.62. The normalized spacial score (nSPS) is 19.0. The molecule has 0 spiro atoms. The third kappa shape index (κ3) is 3.35. The molecule has 2 N–H and O–H groups in total. The number of hydrogen-bond donors (Lipinski definition) is 1. The maximum absolute atomic E-state index is 13.7. The molecular formula is C16H24FN3O. The van der Waals surface area contributed by atoms with Crippen molar-refractivity contribution in [3.05, 3.63) is 29.1 Å². The Bertz CT molecular complexity index is 509. The predicted molar refractivity (Wildman–Crippen MR) is 82.8 cm³/mol. The average molecular weight is 293 g/mol. The van der Waals surface area contributed by atoms with Gasteiger partial charge in [-0.25, -0.2) is 4.39 Å². The number of nitrogens with zero attached hydrogens (tertiary/aromatic N) is 2. The van der Waals surface area contributed by atoms with E-state index < -0.39 is 5.82 Å². The summed E-state index contributed by atoms with van der Waals surface area (Å²) in [6.07, 6.45) is 2.28. The lowest BCUT2D eigenvalue weighted by molar-refractivity contribution is 0.0754. The molecule has 1 unspecified atom stereocenters. The van der Waals surface area contributed by atoms with E-state index in [4.69, 9.17) is 5.73 Å². The first-order valence-corrected chi connectivity index (χ1v) is 7.49. The van der Waals surface area contributed by atoms with Gasteiger partial charge in [0.05, 0.1) is 0 Å². The second-order valence-electron chi connectivity index (χ2n) is 5.78. The summed E-state index contributed by atoms with van der Waals surface area (Å²) in [6.45, 7) is 6.51. The van der Waals surface area contributed by atoms with Crippen molar-refractivity contribution in [2.24, 2.45) is 0 Å². The zero-order valence-electron chi connectivity index (χ0n) is 13.0. The molecule has 2 rings (SSSR count). The van der Waals surface area contributed by atoms with Crippen LogP contribution in [-0.4, -0.2) is 48.4 Å². The molecule has 116 valence electrons. The van der Waals surface area contributed by atoms with E-state index in [1.54, 1.807) is 24.9 Å². The summed E-state index contributed by atoms with van der Waals surface area (Å²) in [5, 5.41) is 0. The molecule has 1 saturated heterocycles. The smallest absolute Gasteiger partial charge is 0.253 e. The number of likely N-dealkylation sites (tertiary alicyclic amines) is 1. The van der Waals surface area contributed by atoms with Crippen LogP contribution in [0.5, 0.6) is 0 Å². The summed E-state index contributed by atoms with van der Waals surface area (Å²) in [5.41, 5.74) is 6.78. The molecular weight excluding hydrogens is 269 g/mol. The molecule has 1 fully saturated rings. The summed E-state index contributed by atoms with van der Waals surface area (Å²) in [4.78, 5) is 16.5. The van der Waals surface area contributed by atoms with Crippen molar-refractivity contribution in [3.8, 4) is 0 Å². The number of nitrogen functional groups attached to an aromatic ring is 1. The molecule has 1 aromatic carbocycles. The number of nitrogens with two attached hydrogens (primary N) is 1. The summed E-state index contributed by atoms with van der Waals surface area (Å²) in [7, 11) is 1.77. The highest BCUT2D eigenvalue weighted by Gasteiger charge is 2.26. The molecule has 0 radical (unpaired) electrons. The topological polar surface area (TPSA) is 49.6 Å². The van der Waals surface area contributed by atoms with Crippen molar-refractivity contribution in [1.29, 1.82) is 0 Å². The Labute approximate surface area is 125 Å². The SMILES string of the molecule is CCN1CCCC1CN(C)C(=O)c1cc(N)c(C)c(F)c1. The van der Waals surface area contributed by atoms with Gasteiger partial charge in [-0.1, -0.05) is 6.92 Å². The van der Waals surface area contributed by atoms with Crippen molar-refractivity contribution in [1.82, 2.24) is 9.80 Å². The van der Waals surface area contributed by atoms with Crippen LogP contribution in [0.2, 0.25) is 0 Å². The largest absolute Gasteiger partial charge is 0.398 e. The molecule has 1 aliphatic rings. The van der Waals surface area contributed by atoms with E-state index >= 15 is 0 Å². The van der Waals surface area contributed by atoms with Gasteiger partial charge in [0.2, 0.25) is 0 Å². The summed E-state index contributed by atoms with van der Waals surface area (Å²) >= 11 is 0. The first-order valence-electron chi connectivity index (χ1n) is 7.49. The van der Waals surface area contributed by atoms with Crippen LogP contribution in [0, 0.1) is 12.7 Å². The minimum Gasteiger partial charge on any atom is -0.398 e. The Morgan fingerprint density at radius 3 is 2.86 bits per heavy atom. The molecule has 0 aromatic heterocycles. The van der Waals surface area contributed by atoms with E-state index in [1.807, 2.05) is 0 Å². The highest BCUT2D eigenvalue weighted by Crippen LogP contribution is 2.21. The van der Waals surface area contributed by atoms with E-state index in [2.05, 4.69) is 11.8 Å². The summed E-state index contributed by atoms with van der Waals surface area (Å²) in [5.74, 6) is -0.605. The first-order chi connectivity index (χ1) is 9.93. The molecule has 1 aromatic rings. The van der Waals surface area contributed by atoms with Gasteiger partial charge in [-0.2, -0.15) is 0 Å². The molecule has 0 saturated carbocycles. The lowest BCUT2D eigenvalue weighted by Gasteiger charge is -2.28. The Morgan fingerprint density at radius 2 is 2.24 bits per heavy atom. The van der Waals surface area contributed by atoms with Gasteiger partial charge in [-0.05, 0) is 45.0 Å². The fourth-order valence-electron chi connectivity index (χ4n) is 2.96. The van der Waals surface area contributed by atoms with Crippen molar-refractivity contribution < 1.29 is 9.18 Å². The molecule has 0 bridgehead atoms. The maximum Gasteiger partial charge on any atom is 0.253 e. The molecule has 1 heterocycles. The van der Waals surface area contributed by atoms with Crippen molar-refractivity contribution in [2.75, 3.05) is 32.4 Å². The molecule has 0 aliphatic carbocycles. The van der Waals surface area contributed by atoms with E-state index in [-0.39, 0.29) is 5.91 Å². The van der Waals surface area contributed by atoms with Crippen LogP contribution in [-0.2, 0) is 0 Å². The highest BCUT2D eigenvalue weighted by atomic mass is 19.1. The quantitative estimate of drug-likeness (QED) is 0.866. The number of anilines is 1. The fourth-order valence-corrected chi connectivity index (χ4v) is 2.96. The van der Waals surface area contributed by atoms with Crippen LogP contribution in [0.4, 0.5) is 10.1 Å². The van der Waals surface area contributed by atoms with E-state index in [0.717, 1.165) is 19.5 Å². The third-order valence-electron chi connectivity index (χ3n) is 4.37. The van der Waals surface area contributed by atoms with E-state index in [1.165, 1.54) is 12.5 Å². The van der Waals surface area contributed by atoms with Gasteiger partial charge in [0.15, 0.2) is 0 Å². The number of carbonyl (C=O) groups is 1. The number of hydrogen-bond acceptors (Lipinski definition) is 3. The van der Waals surface area contributed by atoms with Crippen molar-refractivity contribution in [3.63, 3.8) is 0 Å². The van der Waals surface area contributed by atoms with Crippen LogP contribution < -0.4 is 5.73 Å². The van der Waals surface area contributed by atoms with Crippen LogP contribution in [0.25, 0.3) is 0 Å². The van der Waals surface area contributed by atoms with Gasteiger partial charge < -0.3 is 10.6 Å². The number of amides is 1. The average Bonchev–Trinajstić information content (AvgIpc) is 2.90. The van der Waals surface area contributed by atoms with E-state index in [9.17, 15) is 9.18 Å². The summed E-state index contributed by atoms with van der Waals surface area (Å²) < 4.78 is 13.7. The van der Waals surface area contributed by atoms with Crippen LogP contribution in [0.3, 0.4) is 0 Å². The third-order valence-corrected chi connectivity index (χ3v) is 4.37. The molecule has 1 amide bonds. The maximum atomic E-state index is 13.7. The van der Waals surface area contributed by atoms with Crippen molar-refractivity contribution >= 4 is 11.6 Å². The van der Waals surface area contributed by atoms with Crippen molar-refractivity contribution in [2.45, 2.75) is 32.7 Å². The fraction of sp³-hybridized carbons (Fsp3) is 0.562. The second-order valence-corrected chi connectivity index (χ2v) is 5.78. The first kappa shape index (κ1) is 15.8. The second kappa shape index (κ2) is 6.43. The number of benzene rings is 1. The highest BCUT2D eigenvalue weighted by molar-refractivity contribution is 5.95. The predicted octanol–water partition coefficient (Wildman–Crippen LogP) is 2.27. The lowest BCUT2D eigenvalue weighted by Crippen LogP contribution is -2.41. The van der Waals surface area contributed by atoms with Gasteiger partial charge >= 0.3 is 0 Å². The van der Waals surface area contributed by atoms with Gasteiger partial charge in [0.1, 0.15) is 5.82 Å². The number of likely N-dealkylation sites (N-methyl/N-ethyl adjacent to an activating group) is 2. The van der Waals surface area contributed by atoms with Crippen LogP contribution >= 0.6 is 0 Å². The Balaban J connectivity index is 2.09. The van der Waals surface area contributed by atoms with Gasteiger partial charge in [0, 0.05) is 36.4 Å². The minimum atomic E-state index is -0.428. The Kier molecular flexibility index (Phi) is 4.83. The molecule has 21 heavy (non-hydrogen) atoms. The monoisotopic (exact) mass is 293 g/mol. The van der Waals surface area contributed by atoms with Crippen LogP contribution in [0.15, 0.2) is 12.1 Å². The van der Waals surface area contributed by atoms with Gasteiger partial charge in [-0.3, -0.25) is 9.69 Å². The molecule has 4 nitrogen and oxygen atoms in total. The van der Waals surface area contributed by atoms with Gasteiger partial charge in [-0.15, -0.1) is 0 Å². The Morgan fingerprint density at radius 1 is 1.52 bits per heavy atom. The number of carbonyl (C=O) groups excluding carboxylic acids is 1. The number of halogens is 1. The standard InChI is InChI=1S/C16H24FN3O/c1-4-20-7-5-6-13(20)10-19(3)16(21)12-8-14(17)11(2)15(18)9-12/h8-9,13H,4-7,10,18H2,1-3H3. The molecule has 1 aliphatic heterocycles. The van der Waals surface area contributed by atoms with Gasteiger partial charge in [0.25, 0.3) is 5.91 Å². The summed E-state index contributed by atoms with van der Waals surface area (Å²) in [6, 6.07) is 3.23. The zero-order chi connectivity index (χ0) is 15.6. The molecule has 1 atom stereocenters. The lowest BCUT2D eigenvalue weighted by atomic mass is 10.1. The van der Waals surface area contributed by atoms with E-state index in [0.29, 0.717) is 29.4 Å². The zero-order valence-corrected chi connectivity index (χ0v) is 13.0. The molecule has 5 heteroatoms. The van der Waals surface area contributed by atoms with Crippen LogP contribution in [0.1, 0.15) is 35.7 Å². The minimum absolute atomic E-state index is 0.177.